The van der Waals surface area contributed by atoms with Crippen LogP contribution in [-0.4, -0.2) is 63.9 Å². The Kier molecular flexibility index (Phi) is 2.64. The molecular formula is C17H16N2O7. The Bertz CT molecular complexity index is 689. The predicted octanol–water partition coefficient (Wildman–Crippen LogP) is -0.569. The SMILES string of the molecule is O=C1[C@@H]2[C@H](C(=O)N1C(=O)N1C(=O)[C@H]3[C@H](C1=O)[C@H]1CC[C@H]3O1)[C@@H]1CC[C@@H]2O1. The molecule has 0 aromatic heterocycles. The highest BCUT2D eigenvalue weighted by Crippen LogP contribution is 2.51. The topological polar surface area (TPSA) is 110 Å². The molecule has 6 heterocycles. The monoisotopic (exact) mass is 360 g/mol. The first-order chi connectivity index (χ1) is 12.5. The fourth-order valence-electron chi connectivity index (χ4n) is 5.90. The molecular weight excluding hydrogens is 344 g/mol. The average Bonchev–Trinajstić information content (AvgIpc) is 3.41. The summed E-state index contributed by atoms with van der Waals surface area (Å²) in [5.74, 6) is -5.26. The number of amides is 6. The number of hydrogen-bond donors (Lipinski definition) is 0. The van der Waals surface area contributed by atoms with E-state index in [9.17, 15) is 24.0 Å². The van der Waals surface area contributed by atoms with Crippen LogP contribution in [-0.2, 0) is 28.7 Å². The van der Waals surface area contributed by atoms with E-state index in [1.807, 2.05) is 0 Å². The minimum absolute atomic E-state index is 0.354. The number of imide groups is 6. The van der Waals surface area contributed by atoms with Crippen molar-refractivity contribution in [2.75, 3.05) is 0 Å². The molecule has 136 valence electrons. The van der Waals surface area contributed by atoms with E-state index in [0.29, 0.717) is 35.5 Å². The molecule has 6 amide bonds. The number of carbonyl (C=O) groups excluding carboxylic acids is 5. The third-order valence-electron chi connectivity index (χ3n) is 6.95. The van der Waals surface area contributed by atoms with Gasteiger partial charge >= 0.3 is 6.03 Å². The van der Waals surface area contributed by atoms with Crippen molar-refractivity contribution in [2.45, 2.75) is 50.1 Å². The number of fused-ring (bicyclic) bond motifs is 10. The molecule has 6 aliphatic heterocycles. The third-order valence-corrected chi connectivity index (χ3v) is 6.95. The van der Waals surface area contributed by atoms with Crippen molar-refractivity contribution in [3.05, 3.63) is 0 Å². The molecule has 0 aromatic rings. The Balaban J connectivity index is 1.33. The highest BCUT2D eigenvalue weighted by atomic mass is 16.5. The van der Waals surface area contributed by atoms with Gasteiger partial charge in [-0.2, -0.15) is 9.80 Å². The van der Waals surface area contributed by atoms with Crippen LogP contribution in [0.25, 0.3) is 0 Å². The average molecular weight is 360 g/mol. The summed E-state index contributed by atoms with van der Waals surface area (Å²) in [7, 11) is 0. The van der Waals surface area contributed by atoms with Gasteiger partial charge in [-0.15, -0.1) is 0 Å². The minimum atomic E-state index is -1.11. The van der Waals surface area contributed by atoms with E-state index >= 15 is 0 Å². The zero-order valence-corrected chi connectivity index (χ0v) is 13.7. The fraction of sp³-hybridized carbons (Fsp3) is 0.706. The molecule has 4 bridgehead atoms. The molecule has 6 aliphatic rings. The first kappa shape index (κ1) is 15.0. The van der Waals surface area contributed by atoms with Crippen molar-refractivity contribution >= 4 is 29.7 Å². The van der Waals surface area contributed by atoms with Gasteiger partial charge in [-0.1, -0.05) is 0 Å². The number of likely N-dealkylation sites (tertiary alicyclic amines) is 2. The minimum Gasteiger partial charge on any atom is -0.373 e. The first-order valence-corrected chi connectivity index (χ1v) is 9.09. The number of hydrogen-bond acceptors (Lipinski definition) is 7. The summed E-state index contributed by atoms with van der Waals surface area (Å²) in [6.07, 6.45) is 1.30. The van der Waals surface area contributed by atoms with Crippen LogP contribution >= 0.6 is 0 Å². The first-order valence-electron chi connectivity index (χ1n) is 9.09. The van der Waals surface area contributed by atoms with Gasteiger partial charge in [0.1, 0.15) is 0 Å². The summed E-state index contributed by atoms with van der Waals surface area (Å²) in [6, 6.07) is -1.11. The molecule has 0 radical (unpaired) electrons. The fourth-order valence-corrected chi connectivity index (χ4v) is 5.90. The standard InChI is InChI=1S/C17H16N2O7/c20-13-9-5-1-2-6(25-5)10(9)14(21)18(13)17(24)19-15(22)11-7-3-4-8(26-7)12(11)16(19)23/h5-12H,1-4H2/t5-,6-,7+,8+,9-,10-,11-,12+/m1/s1. The number of carbonyl (C=O) groups is 5. The van der Waals surface area contributed by atoms with Gasteiger partial charge in [-0.25, -0.2) is 4.79 Å². The van der Waals surface area contributed by atoms with Crippen molar-refractivity contribution in [3.63, 3.8) is 0 Å². The van der Waals surface area contributed by atoms with Crippen molar-refractivity contribution < 1.29 is 33.4 Å². The number of ether oxygens (including phenoxy) is 2. The van der Waals surface area contributed by atoms with Gasteiger partial charge in [-0.05, 0) is 25.7 Å². The van der Waals surface area contributed by atoms with E-state index in [1.165, 1.54) is 0 Å². The van der Waals surface area contributed by atoms with Gasteiger partial charge in [0.05, 0.1) is 48.1 Å². The maximum atomic E-state index is 12.9. The lowest BCUT2D eigenvalue weighted by Crippen LogP contribution is -2.51. The molecule has 8 atom stereocenters. The van der Waals surface area contributed by atoms with Gasteiger partial charge in [-0.3, -0.25) is 19.2 Å². The Hall–Kier alpha value is -2.13. The van der Waals surface area contributed by atoms with E-state index in [-0.39, 0.29) is 24.4 Å². The van der Waals surface area contributed by atoms with Crippen molar-refractivity contribution in [1.82, 2.24) is 9.80 Å². The van der Waals surface area contributed by atoms with Crippen LogP contribution in [0, 0.1) is 23.7 Å². The molecule has 6 saturated heterocycles. The van der Waals surface area contributed by atoms with E-state index in [4.69, 9.17) is 9.47 Å². The molecule has 0 spiro atoms. The Morgan fingerprint density at radius 2 is 0.885 bits per heavy atom. The number of rotatable bonds is 0. The molecule has 9 heteroatoms. The molecule has 6 rings (SSSR count). The van der Waals surface area contributed by atoms with Gasteiger partial charge in [0.2, 0.25) is 23.6 Å². The lowest BCUT2D eigenvalue weighted by molar-refractivity contribution is -0.142. The van der Waals surface area contributed by atoms with E-state index < -0.39 is 53.3 Å². The van der Waals surface area contributed by atoms with Crippen LogP contribution in [0.1, 0.15) is 25.7 Å². The Morgan fingerprint density at radius 3 is 1.15 bits per heavy atom. The largest absolute Gasteiger partial charge is 0.373 e. The third kappa shape index (κ3) is 1.49. The second-order valence-electron chi connectivity index (χ2n) is 7.99. The predicted molar refractivity (Wildman–Crippen MR) is 78.9 cm³/mol. The lowest BCUT2D eigenvalue weighted by atomic mass is 9.81. The van der Waals surface area contributed by atoms with E-state index in [2.05, 4.69) is 0 Å². The summed E-state index contributed by atoms with van der Waals surface area (Å²) < 4.78 is 11.3. The van der Waals surface area contributed by atoms with Crippen LogP contribution in [0.15, 0.2) is 0 Å². The zero-order valence-electron chi connectivity index (χ0n) is 13.7. The van der Waals surface area contributed by atoms with Crippen LogP contribution in [0.3, 0.4) is 0 Å². The Labute approximate surface area is 147 Å². The molecule has 0 saturated carbocycles. The molecule has 0 N–H and O–H groups in total. The van der Waals surface area contributed by atoms with E-state index in [0.717, 1.165) is 0 Å². The van der Waals surface area contributed by atoms with Gasteiger partial charge in [0.15, 0.2) is 0 Å². The normalized spacial score (nSPS) is 48.2. The number of urea groups is 1. The van der Waals surface area contributed by atoms with Crippen molar-refractivity contribution in [2.24, 2.45) is 23.7 Å². The maximum absolute atomic E-state index is 12.9. The zero-order chi connectivity index (χ0) is 17.9. The highest BCUT2D eigenvalue weighted by Gasteiger charge is 2.68. The summed E-state index contributed by atoms with van der Waals surface area (Å²) in [4.78, 5) is 64.8. The highest BCUT2D eigenvalue weighted by molar-refractivity contribution is 6.25. The van der Waals surface area contributed by atoms with Gasteiger partial charge in [0, 0.05) is 0 Å². The summed E-state index contributed by atoms with van der Waals surface area (Å²) in [5, 5.41) is 0. The smallest absolute Gasteiger partial charge is 0.347 e. The van der Waals surface area contributed by atoms with Crippen molar-refractivity contribution in [1.29, 1.82) is 0 Å². The lowest BCUT2D eigenvalue weighted by Gasteiger charge is -2.21. The number of nitrogens with zero attached hydrogens (tertiary/aromatic N) is 2. The van der Waals surface area contributed by atoms with Gasteiger partial charge < -0.3 is 9.47 Å². The van der Waals surface area contributed by atoms with Crippen LogP contribution < -0.4 is 0 Å². The summed E-state index contributed by atoms with van der Waals surface area (Å²) in [5.41, 5.74) is 0. The second-order valence-corrected chi connectivity index (χ2v) is 7.99. The molecule has 0 aliphatic carbocycles. The quantitative estimate of drug-likeness (QED) is 0.532. The molecule has 6 fully saturated rings. The van der Waals surface area contributed by atoms with Crippen LogP contribution in [0.2, 0.25) is 0 Å². The maximum Gasteiger partial charge on any atom is 0.347 e. The summed E-state index contributed by atoms with van der Waals surface area (Å²) >= 11 is 0. The van der Waals surface area contributed by atoms with E-state index in [1.54, 1.807) is 0 Å². The van der Waals surface area contributed by atoms with Gasteiger partial charge in [0.25, 0.3) is 0 Å². The Morgan fingerprint density at radius 1 is 0.615 bits per heavy atom. The van der Waals surface area contributed by atoms with Crippen molar-refractivity contribution in [3.8, 4) is 0 Å². The molecule has 26 heavy (non-hydrogen) atoms. The summed E-state index contributed by atoms with van der Waals surface area (Å²) in [6.45, 7) is 0. The molecule has 0 aromatic carbocycles. The molecule has 9 nitrogen and oxygen atoms in total. The second kappa shape index (κ2) is 4.58. The molecule has 0 unspecified atom stereocenters. The van der Waals surface area contributed by atoms with Crippen LogP contribution in [0.4, 0.5) is 4.79 Å². The van der Waals surface area contributed by atoms with Crippen LogP contribution in [0.5, 0.6) is 0 Å².